The molecule has 68 valence electrons. The third kappa shape index (κ3) is 2.92. The molecule has 1 atom stereocenters. The van der Waals surface area contributed by atoms with E-state index < -0.39 is 17.8 Å². The van der Waals surface area contributed by atoms with E-state index >= 15 is 0 Å². The third-order valence-corrected chi connectivity index (χ3v) is 7.78. The smallest absolute Gasteiger partial charge is 0.319 e. The van der Waals surface area contributed by atoms with Gasteiger partial charge in [-0.05, 0) is 19.4 Å². The molecule has 5 heteroatoms. The molecule has 0 aromatic carbocycles. The Morgan fingerprint density at radius 3 is 3.00 bits per heavy atom. The summed E-state index contributed by atoms with van der Waals surface area (Å²) in [5, 5.41) is 0. The lowest BCUT2D eigenvalue weighted by molar-refractivity contribution is -0.130. The largest absolute Gasteiger partial charge is 0.519 e. The van der Waals surface area contributed by atoms with Gasteiger partial charge in [-0.3, -0.25) is 0 Å². The van der Waals surface area contributed by atoms with Crippen LogP contribution < -0.4 is 0 Å². The Kier molecular flexibility index (Phi) is 3.70. The van der Waals surface area contributed by atoms with Crippen molar-refractivity contribution >= 4 is 23.8 Å². The highest BCUT2D eigenvalue weighted by molar-refractivity contribution is 7.07. The maximum Gasteiger partial charge on any atom is 0.319 e. The van der Waals surface area contributed by atoms with Gasteiger partial charge in [-0.25, -0.2) is 4.79 Å². The summed E-state index contributed by atoms with van der Waals surface area (Å²) in [6, 6.07) is 1.10. The molecular formula is C7H14O3Si2. The molecular weight excluding hydrogens is 188 g/mol. The standard InChI is InChI=1S/C7H14O3Si2/c1-6(2)7(8)10-12-5-3-4-9-11-12/h12H,1,3-5,11H2,2H3. The van der Waals surface area contributed by atoms with Crippen molar-refractivity contribution < 1.29 is 13.6 Å². The molecule has 1 rings (SSSR count). The van der Waals surface area contributed by atoms with E-state index in [9.17, 15) is 4.79 Å². The Morgan fingerprint density at radius 2 is 2.50 bits per heavy atom. The van der Waals surface area contributed by atoms with Gasteiger partial charge in [0.2, 0.25) is 8.56 Å². The molecule has 0 amide bonds. The van der Waals surface area contributed by atoms with Crippen LogP contribution >= 0.6 is 0 Å². The van der Waals surface area contributed by atoms with Gasteiger partial charge >= 0.3 is 5.97 Å². The first-order chi connectivity index (χ1) is 5.70. The molecule has 0 aliphatic carbocycles. The van der Waals surface area contributed by atoms with Gasteiger partial charge in [0.05, 0.1) is 0 Å². The molecule has 0 aromatic heterocycles. The maximum atomic E-state index is 11.1. The molecule has 0 saturated carbocycles. The number of hydrogen-bond donors (Lipinski definition) is 0. The van der Waals surface area contributed by atoms with Crippen molar-refractivity contribution in [1.82, 2.24) is 0 Å². The van der Waals surface area contributed by atoms with Crippen molar-refractivity contribution in [1.29, 1.82) is 0 Å². The Labute approximate surface area is 76.2 Å². The second kappa shape index (κ2) is 4.59. The van der Waals surface area contributed by atoms with Crippen LogP contribution in [0, 0.1) is 0 Å². The van der Waals surface area contributed by atoms with Gasteiger partial charge in [0, 0.05) is 12.2 Å². The Balaban J connectivity index is 2.29. The van der Waals surface area contributed by atoms with Gasteiger partial charge in [-0.2, -0.15) is 0 Å². The topological polar surface area (TPSA) is 35.5 Å². The molecule has 0 aromatic rings. The van der Waals surface area contributed by atoms with Gasteiger partial charge in [-0.1, -0.05) is 6.58 Å². The Morgan fingerprint density at radius 1 is 1.75 bits per heavy atom. The van der Waals surface area contributed by atoms with Crippen molar-refractivity contribution in [2.75, 3.05) is 6.61 Å². The first-order valence-corrected chi connectivity index (χ1v) is 9.27. The molecule has 0 radical (unpaired) electrons. The number of carbonyl (C=O) groups is 1. The second-order valence-corrected chi connectivity index (χ2v) is 9.56. The van der Waals surface area contributed by atoms with E-state index in [0.29, 0.717) is 5.57 Å². The molecule has 1 saturated heterocycles. The maximum absolute atomic E-state index is 11.1. The van der Waals surface area contributed by atoms with Crippen molar-refractivity contribution in [3.8, 4) is 0 Å². The summed E-state index contributed by atoms with van der Waals surface area (Å²) in [7, 11) is -1.73. The van der Waals surface area contributed by atoms with E-state index in [2.05, 4.69) is 6.58 Å². The van der Waals surface area contributed by atoms with Crippen LogP contribution in [0.15, 0.2) is 12.2 Å². The Hall–Kier alpha value is -0.396. The molecule has 1 aliphatic heterocycles. The highest BCUT2D eigenvalue weighted by Gasteiger charge is 2.21. The fourth-order valence-corrected chi connectivity index (χ4v) is 6.48. The molecule has 1 heterocycles. The molecule has 0 spiro atoms. The molecule has 12 heavy (non-hydrogen) atoms. The summed E-state index contributed by atoms with van der Waals surface area (Å²) in [5.74, 6) is -0.218. The van der Waals surface area contributed by atoms with Crippen LogP contribution in [0.2, 0.25) is 6.04 Å². The summed E-state index contributed by atoms with van der Waals surface area (Å²) < 4.78 is 10.6. The van der Waals surface area contributed by atoms with Crippen LogP contribution in [0.25, 0.3) is 0 Å². The average molecular weight is 202 g/mol. The first kappa shape index (κ1) is 9.69. The predicted molar refractivity (Wildman–Crippen MR) is 52.0 cm³/mol. The number of rotatable bonds is 2. The molecule has 0 N–H and O–H groups in total. The molecule has 1 unspecified atom stereocenters. The minimum absolute atomic E-state index is 0.218. The lowest BCUT2D eigenvalue weighted by Crippen LogP contribution is -2.35. The van der Waals surface area contributed by atoms with E-state index in [-0.39, 0.29) is 5.97 Å². The number of hydrogen-bond acceptors (Lipinski definition) is 3. The van der Waals surface area contributed by atoms with Gasteiger partial charge in [0.25, 0.3) is 0 Å². The van der Waals surface area contributed by atoms with Crippen molar-refractivity contribution in [3.63, 3.8) is 0 Å². The first-order valence-electron chi connectivity index (χ1n) is 4.14. The van der Waals surface area contributed by atoms with Crippen molar-refractivity contribution in [2.24, 2.45) is 0 Å². The summed E-state index contributed by atoms with van der Waals surface area (Å²) in [6.45, 7) is 6.10. The van der Waals surface area contributed by atoms with Gasteiger partial charge < -0.3 is 8.85 Å². The van der Waals surface area contributed by atoms with Gasteiger partial charge in [-0.15, -0.1) is 0 Å². The van der Waals surface area contributed by atoms with Crippen LogP contribution in [0.5, 0.6) is 0 Å². The van der Waals surface area contributed by atoms with Crippen LogP contribution in [0.3, 0.4) is 0 Å². The lowest BCUT2D eigenvalue weighted by Gasteiger charge is -2.20. The second-order valence-electron chi connectivity index (χ2n) is 3.02. The summed E-state index contributed by atoms with van der Waals surface area (Å²) in [4.78, 5) is 11.1. The van der Waals surface area contributed by atoms with Crippen LogP contribution in [0.4, 0.5) is 0 Å². The zero-order chi connectivity index (χ0) is 8.97. The summed E-state index contributed by atoms with van der Waals surface area (Å²) in [6.07, 6.45) is 1.06. The zero-order valence-electron chi connectivity index (χ0n) is 7.34. The van der Waals surface area contributed by atoms with Gasteiger partial charge in [0.15, 0.2) is 9.28 Å². The molecule has 1 aliphatic rings. The van der Waals surface area contributed by atoms with Crippen molar-refractivity contribution in [2.45, 2.75) is 19.4 Å². The van der Waals surface area contributed by atoms with E-state index in [1.54, 1.807) is 6.92 Å². The highest BCUT2D eigenvalue weighted by Crippen LogP contribution is 2.07. The van der Waals surface area contributed by atoms with E-state index in [4.69, 9.17) is 8.85 Å². The molecule has 0 bridgehead atoms. The van der Waals surface area contributed by atoms with E-state index in [0.717, 1.165) is 19.1 Å². The zero-order valence-corrected chi connectivity index (χ0v) is 9.91. The predicted octanol–water partition coefficient (Wildman–Crippen LogP) is -0.170. The molecule has 3 nitrogen and oxygen atoms in total. The minimum atomic E-state index is -1.23. The monoisotopic (exact) mass is 202 g/mol. The lowest BCUT2D eigenvalue weighted by atomic mass is 10.4. The van der Waals surface area contributed by atoms with E-state index in [1.807, 2.05) is 0 Å². The fourth-order valence-electron chi connectivity index (χ4n) is 1.06. The third-order valence-electron chi connectivity index (χ3n) is 1.74. The fraction of sp³-hybridized carbons (Fsp3) is 0.571. The van der Waals surface area contributed by atoms with Crippen LogP contribution in [-0.4, -0.2) is 30.4 Å². The Bertz CT molecular complexity index is 187. The highest BCUT2D eigenvalue weighted by atomic mass is 29.2. The van der Waals surface area contributed by atoms with Crippen LogP contribution in [0.1, 0.15) is 13.3 Å². The minimum Gasteiger partial charge on any atom is -0.519 e. The van der Waals surface area contributed by atoms with Crippen LogP contribution in [-0.2, 0) is 13.6 Å². The normalized spacial score (nSPS) is 25.2. The summed E-state index contributed by atoms with van der Waals surface area (Å²) >= 11 is 0. The SMILES string of the molecule is C=C(C)C(=O)O[SiH]1CCCO[SiH2]1. The summed E-state index contributed by atoms with van der Waals surface area (Å²) in [5.41, 5.74) is 0.502. The average Bonchev–Trinajstić information content (AvgIpc) is 2.06. The van der Waals surface area contributed by atoms with Crippen molar-refractivity contribution in [3.05, 3.63) is 12.2 Å². The quantitative estimate of drug-likeness (QED) is 0.461. The number of carbonyl (C=O) groups excluding carboxylic acids is 1. The van der Waals surface area contributed by atoms with Gasteiger partial charge in [0.1, 0.15) is 0 Å². The molecule has 1 fully saturated rings. The van der Waals surface area contributed by atoms with E-state index in [1.165, 1.54) is 0 Å².